The lowest BCUT2D eigenvalue weighted by Crippen LogP contribution is -2.18. The number of aromatic nitrogens is 2. The first-order valence-corrected chi connectivity index (χ1v) is 7.92. The van der Waals surface area contributed by atoms with Crippen molar-refractivity contribution in [2.24, 2.45) is 0 Å². The Bertz CT molecular complexity index is 687. The van der Waals surface area contributed by atoms with E-state index in [0.717, 1.165) is 22.5 Å². The Balaban J connectivity index is 1.75. The van der Waals surface area contributed by atoms with Gasteiger partial charge in [-0.15, -0.1) is 22.7 Å². The second-order valence-electron chi connectivity index (χ2n) is 4.62. The molecule has 1 unspecified atom stereocenters. The van der Waals surface area contributed by atoms with Crippen molar-refractivity contribution in [1.82, 2.24) is 9.97 Å². The largest absolute Gasteiger partial charge is 0.366 e. The zero-order valence-corrected chi connectivity index (χ0v) is 12.5. The molecule has 3 aromatic rings. The number of hydrogen-bond donors (Lipinski definition) is 1. The van der Waals surface area contributed by atoms with Crippen molar-refractivity contribution in [3.8, 4) is 0 Å². The highest BCUT2D eigenvalue weighted by molar-refractivity contribution is 7.17. The molecule has 98 valence electrons. The van der Waals surface area contributed by atoms with Crippen LogP contribution >= 0.6 is 22.7 Å². The van der Waals surface area contributed by atoms with E-state index in [4.69, 9.17) is 0 Å². The molecule has 0 aliphatic carbocycles. The lowest BCUT2D eigenvalue weighted by atomic mass is 10.2. The second-order valence-corrected chi connectivity index (χ2v) is 6.91. The van der Waals surface area contributed by atoms with Crippen LogP contribution in [0.3, 0.4) is 0 Å². The van der Waals surface area contributed by atoms with Gasteiger partial charge < -0.3 is 5.32 Å². The lowest BCUT2D eigenvalue weighted by Gasteiger charge is -2.13. The zero-order valence-electron chi connectivity index (χ0n) is 10.9. The van der Waals surface area contributed by atoms with E-state index in [1.165, 1.54) is 9.75 Å². The summed E-state index contributed by atoms with van der Waals surface area (Å²) in [5.41, 5.74) is 1.02. The fourth-order valence-electron chi connectivity index (χ4n) is 2.07. The summed E-state index contributed by atoms with van der Waals surface area (Å²) >= 11 is 3.54. The normalized spacial score (nSPS) is 12.7. The highest BCUT2D eigenvalue weighted by atomic mass is 32.1. The number of fused-ring (bicyclic) bond motifs is 1. The summed E-state index contributed by atoms with van der Waals surface area (Å²) in [6.45, 7) is 4.34. The quantitative estimate of drug-likeness (QED) is 0.785. The standard InChI is InChI=1S/C14H15N3S2/c1-9(7-11-4-3-10(2)19-11)17-14-13-12(5-6-18-13)15-8-16-14/h3-6,8-9H,7H2,1-2H3,(H,15,16,17). The Kier molecular flexibility index (Phi) is 3.48. The van der Waals surface area contributed by atoms with Gasteiger partial charge in [-0.25, -0.2) is 9.97 Å². The van der Waals surface area contributed by atoms with Crippen LogP contribution in [0.25, 0.3) is 10.2 Å². The smallest absolute Gasteiger partial charge is 0.147 e. The first-order chi connectivity index (χ1) is 9.22. The third-order valence-electron chi connectivity index (χ3n) is 2.93. The Hall–Kier alpha value is -1.46. The van der Waals surface area contributed by atoms with Gasteiger partial charge in [0.25, 0.3) is 0 Å². The summed E-state index contributed by atoms with van der Waals surface area (Å²) in [5.74, 6) is 0.945. The number of nitrogens with one attached hydrogen (secondary N) is 1. The molecule has 0 aromatic carbocycles. The van der Waals surface area contributed by atoms with E-state index in [0.29, 0.717) is 6.04 Å². The second kappa shape index (κ2) is 5.27. The summed E-state index contributed by atoms with van der Waals surface area (Å²) in [7, 11) is 0. The molecule has 0 radical (unpaired) electrons. The van der Waals surface area contributed by atoms with Gasteiger partial charge in [-0.1, -0.05) is 0 Å². The van der Waals surface area contributed by atoms with Crippen molar-refractivity contribution in [1.29, 1.82) is 0 Å². The molecule has 0 aliphatic rings. The summed E-state index contributed by atoms with van der Waals surface area (Å²) in [6.07, 6.45) is 2.65. The van der Waals surface area contributed by atoms with Crippen LogP contribution in [-0.4, -0.2) is 16.0 Å². The average molecular weight is 289 g/mol. The zero-order chi connectivity index (χ0) is 13.2. The van der Waals surface area contributed by atoms with Gasteiger partial charge in [-0.3, -0.25) is 0 Å². The van der Waals surface area contributed by atoms with E-state index in [2.05, 4.69) is 46.6 Å². The molecule has 3 aromatic heterocycles. The maximum absolute atomic E-state index is 4.36. The number of hydrogen-bond acceptors (Lipinski definition) is 5. The third kappa shape index (κ3) is 2.77. The minimum Gasteiger partial charge on any atom is -0.366 e. The molecule has 0 fully saturated rings. The van der Waals surface area contributed by atoms with Crippen LogP contribution in [0.1, 0.15) is 16.7 Å². The van der Waals surface area contributed by atoms with Gasteiger partial charge in [0.05, 0.1) is 10.2 Å². The van der Waals surface area contributed by atoms with Crippen molar-refractivity contribution in [3.63, 3.8) is 0 Å². The molecule has 0 spiro atoms. The van der Waals surface area contributed by atoms with Gasteiger partial charge in [-0.2, -0.15) is 0 Å². The average Bonchev–Trinajstić information content (AvgIpc) is 2.98. The number of aryl methyl sites for hydroxylation is 1. The summed E-state index contributed by atoms with van der Waals surface area (Å²) in [6, 6.07) is 6.77. The maximum atomic E-state index is 4.36. The van der Waals surface area contributed by atoms with E-state index < -0.39 is 0 Å². The van der Waals surface area contributed by atoms with E-state index in [1.807, 2.05) is 17.4 Å². The summed E-state index contributed by atoms with van der Waals surface area (Å²) in [4.78, 5) is 11.4. The summed E-state index contributed by atoms with van der Waals surface area (Å²) in [5, 5.41) is 5.55. The third-order valence-corrected chi connectivity index (χ3v) is 4.86. The maximum Gasteiger partial charge on any atom is 0.147 e. The van der Waals surface area contributed by atoms with Crippen molar-refractivity contribution >= 4 is 38.7 Å². The predicted octanol–water partition coefficient (Wildman–Crippen LogP) is 4.10. The van der Waals surface area contributed by atoms with Gasteiger partial charge in [0.2, 0.25) is 0 Å². The lowest BCUT2D eigenvalue weighted by molar-refractivity contribution is 0.796. The number of anilines is 1. The van der Waals surface area contributed by atoms with Gasteiger partial charge >= 0.3 is 0 Å². The molecular weight excluding hydrogens is 274 g/mol. The molecule has 0 saturated heterocycles. The number of thiophene rings is 2. The van der Waals surface area contributed by atoms with Crippen LogP contribution in [0, 0.1) is 6.92 Å². The Morgan fingerprint density at radius 3 is 2.95 bits per heavy atom. The molecule has 1 N–H and O–H groups in total. The minimum atomic E-state index is 0.359. The van der Waals surface area contributed by atoms with Crippen molar-refractivity contribution < 1.29 is 0 Å². The monoisotopic (exact) mass is 289 g/mol. The van der Waals surface area contributed by atoms with Crippen LogP contribution in [-0.2, 0) is 6.42 Å². The van der Waals surface area contributed by atoms with Gasteiger partial charge in [0.15, 0.2) is 0 Å². The van der Waals surface area contributed by atoms with E-state index in [1.54, 1.807) is 17.7 Å². The van der Waals surface area contributed by atoms with Crippen molar-refractivity contribution in [2.45, 2.75) is 26.3 Å². The molecule has 3 heterocycles. The molecule has 0 amide bonds. The molecule has 0 bridgehead atoms. The molecular formula is C14H15N3S2. The highest BCUT2D eigenvalue weighted by Gasteiger charge is 2.09. The van der Waals surface area contributed by atoms with Crippen LogP contribution in [0.5, 0.6) is 0 Å². The highest BCUT2D eigenvalue weighted by Crippen LogP contribution is 2.26. The summed E-state index contributed by atoms with van der Waals surface area (Å²) < 4.78 is 1.14. The first kappa shape index (κ1) is 12.6. The van der Waals surface area contributed by atoms with E-state index in [9.17, 15) is 0 Å². The topological polar surface area (TPSA) is 37.8 Å². The molecule has 5 heteroatoms. The fourth-order valence-corrected chi connectivity index (χ4v) is 3.89. The molecule has 0 aliphatic heterocycles. The van der Waals surface area contributed by atoms with Gasteiger partial charge in [0, 0.05) is 22.2 Å². The Morgan fingerprint density at radius 1 is 1.26 bits per heavy atom. The number of nitrogens with zero attached hydrogens (tertiary/aromatic N) is 2. The van der Waals surface area contributed by atoms with Gasteiger partial charge in [0.1, 0.15) is 12.1 Å². The fraction of sp³-hybridized carbons (Fsp3) is 0.286. The van der Waals surface area contributed by atoms with Crippen LogP contribution in [0.2, 0.25) is 0 Å². The minimum absolute atomic E-state index is 0.359. The first-order valence-electron chi connectivity index (χ1n) is 6.22. The van der Waals surface area contributed by atoms with Crippen molar-refractivity contribution in [2.75, 3.05) is 5.32 Å². The van der Waals surface area contributed by atoms with Crippen molar-refractivity contribution in [3.05, 3.63) is 39.7 Å². The molecule has 0 saturated carbocycles. The molecule has 19 heavy (non-hydrogen) atoms. The van der Waals surface area contributed by atoms with Crippen LogP contribution in [0.4, 0.5) is 5.82 Å². The van der Waals surface area contributed by atoms with E-state index >= 15 is 0 Å². The predicted molar refractivity (Wildman–Crippen MR) is 83.3 cm³/mol. The van der Waals surface area contributed by atoms with E-state index in [-0.39, 0.29) is 0 Å². The molecule has 3 rings (SSSR count). The molecule has 3 nitrogen and oxygen atoms in total. The van der Waals surface area contributed by atoms with Gasteiger partial charge in [-0.05, 0) is 37.4 Å². The number of rotatable bonds is 4. The van der Waals surface area contributed by atoms with Crippen LogP contribution in [0.15, 0.2) is 29.9 Å². The van der Waals surface area contributed by atoms with Crippen LogP contribution < -0.4 is 5.32 Å². The Labute approximate surface area is 120 Å². The Morgan fingerprint density at radius 2 is 2.16 bits per heavy atom. The SMILES string of the molecule is Cc1ccc(CC(C)Nc2ncnc3ccsc23)s1. The molecule has 1 atom stereocenters.